The topological polar surface area (TPSA) is 74.7 Å². The minimum absolute atomic E-state index is 0.00417. The molecule has 1 aliphatic heterocycles. The molecule has 2 aromatic rings. The summed E-state index contributed by atoms with van der Waals surface area (Å²) in [7, 11) is 0. The summed E-state index contributed by atoms with van der Waals surface area (Å²) in [5.74, 6) is -0.434. The van der Waals surface area contributed by atoms with Crippen molar-refractivity contribution in [3.63, 3.8) is 0 Å². The number of nitrogens with one attached hydrogen (secondary N) is 1. The average molecular weight is 361 g/mol. The lowest BCUT2D eigenvalue weighted by Gasteiger charge is -2.15. The molecule has 0 bridgehead atoms. The normalized spacial score (nSPS) is 16.7. The van der Waals surface area contributed by atoms with Gasteiger partial charge in [0.15, 0.2) is 5.75 Å². The maximum Gasteiger partial charge on any atom is 0.209 e. The fourth-order valence-corrected chi connectivity index (χ4v) is 2.91. The minimum atomic E-state index is -0.553. The number of rotatable bonds is 4. The van der Waals surface area contributed by atoms with Gasteiger partial charge in [-0.3, -0.25) is 5.41 Å². The van der Waals surface area contributed by atoms with Gasteiger partial charge in [-0.25, -0.2) is 9.40 Å². The van der Waals surface area contributed by atoms with Crippen molar-refractivity contribution in [3.05, 3.63) is 64.4 Å². The van der Waals surface area contributed by atoms with E-state index in [2.05, 4.69) is 5.10 Å². The lowest BCUT2D eigenvalue weighted by Crippen LogP contribution is -2.31. The van der Waals surface area contributed by atoms with Crippen LogP contribution in [0.2, 0.25) is 5.02 Å². The predicted octanol–water partition coefficient (Wildman–Crippen LogP) is 3.61. The summed E-state index contributed by atoms with van der Waals surface area (Å²) >= 11 is 6.15. The van der Waals surface area contributed by atoms with Gasteiger partial charge in [-0.05, 0) is 17.7 Å². The van der Waals surface area contributed by atoms with Gasteiger partial charge in [0, 0.05) is 11.5 Å². The Hall–Kier alpha value is -2.60. The van der Waals surface area contributed by atoms with Crippen LogP contribution in [-0.2, 0) is 6.61 Å². The van der Waals surface area contributed by atoms with Gasteiger partial charge in [-0.2, -0.15) is 5.10 Å². The highest BCUT2D eigenvalue weighted by molar-refractivity contribution is 6.33. The highest BCUT2D eigenvalue weighted by Crippen LogP contribution is 2.35. The van der Waals surface area contributed by atoms with Crippen molar-refractivity contribution in [2.45, 2.75) is 13.5 Å². The van der Waals surface area contributed by atoms with Crippen LogP contribution in [0.1, 0.15) is 18.1 Å². The van der Waals surface area contributed by atoms with Crippen LogP contribution in [0.4, 0.5) is 4.39 Å². The Labute approximate surface area is 150 Å². The van der Waals surface area contributed by atoms with Crippen molar-refractivity contribution in [3.8, 4) is 5.75 Å². The first-order chi connectivity index (χ1) is 12.0. The van der Waals surface area contributed by atoms with Gasteiger partial charge in [-0.1, -0.05) is 48.9 Å². The zero-order valence-electron chi connectivity index (χ0n) is 13.7. The zero-order valence-corrected chi connectivity index (χ0v) is 14.4. The molecule has 0 fully saturated rings. The number of hydrogen-bond acceptors (Lipinski definition) is 3. The quantitative estimate of drug-likeness (QED) is 0.646. The Morgan fingerprint density at radius 3 is 2.72 bits per heavy atom. The molecule has 3 rings (SSSR count). The molecule has 0 amide bonds. The third-order valence-electron chi connectivity index (χ3n) is 3.97. The largest absolute Gasteiger partial charge is 0.487 e. The smallest absolute Gasteiger partial charge is 0.209 e. The van der Waals surface area contributed by atoms with E-state index in [4.69, 9.17) is 27.5 Å². The molecule has 3 N–H and O–H groups in total. The number of nitrogens with two attached hydrogens (primary N) is 1. The van der Waals surface area contributed by atoms with Crippen LogP contribution < -0.4 is 10.5 Å². The van der Waals surface area contributed by atoms with Crippen molar-refractivity contribution in [2.75, 3.05) is 6.54 Å². The zero-order chi connectivity index (χ0) is 18.0. The number of ether oxygens (including phenoxy) is 1. The summed E-state index contributed by atoms with van der Waals surface area (Å²) in [6, 6.07) is 12.4. The third-order valence-corrected chi connectivity index (χ3v) is 4.32. The number of hydrogen-bond donors (Lipinski definition) is 2. The molecule has 0 aliphatic carbocycles. The second-order valence-corrected chi connectivity index (χ2v) is 6.24. The Balaban J connectivity index is 1.96. The van der Waals surface area contributed by atoms with Gasteiger partial charge >= 0.3 is 0 Å². The fourth-order valence-electron chi connectivity index (χ4n) is 2.69. The van der Waals surface area contributed by atoms with Gasteiger partial charge < -0.3 is 10.5 Å². The van der Waals surface area contributed by atoms with Crippen LogP contribution in [-0.4, -0.2) is 23.2 Å². The second kappa shape index (κ2) is 7.11. The molecule has 1 aliphatic rings. The van der Waals surface area contributed by atoms with E-state index < -0.39 is 5.82 Å². The lowest BCUT2D eigenvalue weighted by atomic mass is 9.98. The van der Waals surface area contributed by atoms with E-state index in [-0.39, 0.29) is 29.3 Å². The Morgan fingerprint density at radius 2 is 2.08 bits per heavy atom. The maximum absolute atomic E-state index is 14.0. The summed E-state index contributed by atoms with van der Waals surface area (Å²) < 4.78 is 19.8. The third kappa shape index (κ3) is 3.58. The number of halogens is 2. The SMILES string of the molecule is CC1CN(C(=N)N)N=C1c1ccc(F)c(Cl)c1OCc1ccccc1. The van der Waals surface area contributed by atoms with Crippen molar-refractivity contribution >= 4 is 23.3 Å². The molecule has 0 spiro atoms. The van der Waals surface area contributed by atoms with E-state index in [0.717, 1.165) is 5.56 Å². The summed E-state index contributed by atoms with van der Waals surface area (Å²) in [6.45, 7) is 2.70. The molecule has 25 heavy (non-hydrogen) atoms. The van der Waals surface area contributed by atoms with Gasteiger partial charge in [0.1, 0.15) is 17.4 Å². The second-order valence-electron chi connectivity index (χ2n) is 5.87. The summed E-state index contributed by atoms with van der Waals surface area (Å²) in [6.07, 6.45) is 0. The van der Waals surface area contributed by atoms with Crippen molar-refractivity contribution in [1.29, 1.82) is 5.41 Å². The predicted molar refractivity (Wildman–Crippen MR) is 96.5 cm³/mol. The average Bonchev–Trinajstić information content (AvgIpc) is 2.99. The van der Waals surface area contributed by atoms with Crippen LogP contribution in [0.3, 0.4) is 0 Å². The van der Waals surface area contributed by atoms with Crippen LogP contribution in [0.15, 0.2) is 47.6 Å². The maximum atomic E-state index is 14.0. The molecule has 2 aromatic carbocycles. The lowest BCUT2D eigenvalue weighted by molar-refractivity contribution is 0.304. The molecule has 5 nitrogen and oxygen atoms in total. The monoisotopic (exact) mass is 360 g/mol. The number of nitrogens with zero attached hydrogens (tertiary/aromatic N) is 2. The van der Waals surface area contributed by atoms with Crippen LogP contribution in [0, 0.1) is 17.1 Å². The van der Waals surface area contributed by atoms with E-state index in [1.807, 2.05) is 37.3 Å². The number of hydrazone groups is 1. The molecule has 1 atom stereocenters. The molecule has 130 valence electrons. The molecular formula is C18H18ClFN4O. The van der Waals surface area contributed by atoms with Crippen LogP contribution >= 0.6 is 11.6 Å². The van der Waals surface area contributed by atoms with Crippen molar-refractivity contribution < 1.29 is 9.13 Å². The molecule has 0 saturated heterocycles. The first-order valence-corrected chi connectivity index (χ1v) is 8.20. The molecule has 1 heterocycles. The van der Waals surface area contributed by atoms with Crippen molar-refractivity contribution in [1.82, 2.24) is 5.01 Å². The van der Waals surface area contributed by atoms with E-state index >= 15 is 0 Å². The summed E-state index contributed by atoms with van der Waals surface area (Å²) in [5.41, 5.74) is 7.73. The Kier molecular flexibility index (Phi) is 4.90. The van der Waals surface area contributed by atoms with Crippen molar-refractivity contribution in [2.24, 2.45) is 16.8 Å². The minimum Gasteiger partial charge on any atom is -0.487 e. The Morgan fingerprint density at radius 1 is 1.36 bits per heavy atom. The van der Waals surface area contributed by atoms with E-state index in [9.17, 15) is 4.39 Å². The first-order valence-electron chi connectivity index (χ1n) is 7.82. The Bertz CT molecular complexity index is 825. The van der Waals surface area contributed by atoms with E-state index in [1.165, 1.54) is 11.1 Å². The van der Waals surface area contributed by atoms with Gasteiger partial charge in [-0.15, -0.1) is 0 Å². The van der Waals surface area contributed by atoms with E-state index in [1.54, 1.807) is 6.07 Å². The van der Waals surface area contributed by atoms with Gasteiger partial charge in [0.25, 0.3) is 0 Å². The summed E-state index contributed by atoms with van der Waals surface area (Å²) in [5, 5.41) is 13.2. The van der Waals surface area contributed by atoms with Crippen LogP contribution in [0.5, 0.6) is 5.75 Å². The highest BCUT2D eigenvalue weighted by atomic mass is 35.5. The standard InChI is InChI=1S/C18H18ClFN4O/c1-11-9-24(18(21)22)23-16(11)13-7-8-14(20)15(19)17(13)25-10-12-5-3-2-4-6-12/h2-8,11H,9-10H2,1H3,(H3,21,22). The van der Waals surface area contributed by atoms with Crippen LogP contribution in [0.25, 0.3) is 0 Å². The number of guanidine groups is 1. The highest BCUT2D eigenvalue weighted by Gasteiger charge is 2.29. The van der Waals surface area contributed by atoms with Gasteiger partial charge in [0.05, 0.1) is 12.3 Å². The first kappa shape index (κ1) is 17.2. The molecular weight excluding hydrogens is 343 g/mol. The fraction of sp³-hybridized carbons (Fsp3) is 0.222. The molecule has 0 saturated carbocycles. The molecule has 0 radical (unpaired) electrons. The number of benzene rings is 2. The molecule has 1 unspecified atom stereocenters. The summed E-state index contributed by atoms with van der Waals surface area (Å²) in [4.78, 5) is 0. The molecule has 0 aromatic heterocycles. The van der Waals surface area contributed by atoms with E-state index in [0.29, 0.717) is 17.8 Å². The van der Waals surface area contributed by atoms with Gasteiger partial charge in [0.2, 0.25) is 5.96 Å². The molecule has 7 heteroatoms.